The average Bonchev–Trinajstić information content (AvgIpc) is 3.10. The number of anilines is 1. The Morgan fingerprint density at radius 3 is 2.46 bits per heavy atom. The van der Waals surface area contributed by atoms with E-state index < -0.39 is 0 Å². The molecule has 0 unspecified atom stereocenters. The molecule has 2 aromatic heterocycles. The minimum Gasteiger partial charge on any atom is -0.497 e. The average molecular weight is 344 g/mol. The van der Waals surface area contributed by atoms with E-state index in [4.69, 9.17) is 4.74 Å². The van der Waals surface area contributed by atoms with Crippen molar-refractivity contribution in [2.75, 3.05) is 19.0 Å². The zero-order valence-electron chi connectivity index (χ0n) is 14.8. The van der Waals surface area contributed by atoms with Crippen molar-refractivity contribution in [3.8, 4) is 22.6 Å². The van der Waals surface area contributed by atoms with Crippen molar-refractivity contribution in [1.29, 1.82) is 0 Å². The molecule has 0 spiro atoms. The highest BCUT2D eigenvalue weighted by molar-refractivity contribution is 6.02. The first-order chi connectivity index (χ1) is 12.8. The van der Waals surface area contributed by atoms with Gasteiger partial charge in [0, 0.05) is 24.0 Å². The van der Waals surface area contributed by atoms with Crippen LogP contribution in [0.15, 0.2) is 67.1 Å². The van der Waals surface area contributed by atoms with Gasteiger partial charge in [-0.2, -0.15) is 0 Å². The molecular weight excluding hydrogens is 324 g/mol. The number of ether oxygens (including phenoxy) is 1. The minimum atomic E-state index is 0.800. The molecule has 4 aromatic rings. The molecule has 2 aromatic carbocycles. The third-order valence-electron chi connectivity index (χ3n) is 4.36. The minimum absolute atomic E-state index is 0.800. The van der Waals surface area contributed by atoms with Gasteiger partial charge in [-0.3, -0.25) is 0 Å². The molecule has 4 rings (SSSR count). The Morgan fingerprint density at radius 2 is 1.77 bits per heavy atom. The standard InChI is InChI=1S/C21H20N4O/c1-3-22-20-19-18(15-7-5-4-6-8-15)13-25(21(19)24-14-23-20)16-9-11-17(26-2)12-10-16/h4-14H,3H2,1-2H3,(H,22,23,24). The highest BCUT2D eigenvalue weighted by Gasteiger charge is 2.16. The lowest BCUT2D eigenvalue weighted by atomic mass is 10.1. The van der Waals surface area contributed by atoms with Gasteiger partial charge in [-0.1, -0.05) is 30.3 Å². The summed E-state index contributed by atoms with van der Waals surface area (Å²) in [7, 11) is 1.67. The van der Waals surface area contributed by atoms with E-state index >= 15 is 0 Å². The molecule has 130 valence electrons. The number of aromatic nitrogens is 3. The predicted octanol–water partition coefficient (Wildman–Crippen LogP) is 4.53. The molecule has 26 heavy (non-hydrogen) atoms. The van der Waals surface area contributed by atoms with Crippen molar-refractivity contribution < 1.29 is 4.74 Å². The molecule has 0 amide bonds. The number of methoxy groups -OCH3 is 1. The Kier molecular flexibility index (Phi) is 4.27. The van der Waals surface area contributed by atoms with Gasteiger partial charge in [0.15, 0.2) is 5.65 Å². The van der Waals surface area contributed by atoms with Crippen LogP contribution in [0.4, 0.5) is 5.82 Å². The summed E-state index contributed by atoms with van der Waals surface area (Å²) in [6, 6.07) is 18.3. The van der Waals surface area contributed by atoms with Crippen LogP contribution in [0.25, 0.3) is 27.8 Å². The monoisotopic (exact) mass is 344 g/mol. The van der Waals surface area contributed by atoms with Gasteiger partial charge in [-0.25, -0.2) is 9.97 Å². The van der Waals surface area contributed by atoms with Crippen LogP contribution >= 0.6 is 0 Å². The lowest BCUT2D eigenvalue weighted by Crippen LogP contribution is -2.01. The summed E-state index contributed by atoms with van der Waals surface area (Å²) in [4.78, 5) is 9.03. The smallest absolute Gasteiger partial charge is 0.150 e. The summed E-state index contributed by atoms with van der Waals surface area (Å²) in [5.74, 6) is 1.68. The molecule has 0 aliphatic heterocycles. The van der Waals surface area contributed by atoms with Crippen LogP contribution in [-0.4, -0.2) is 28.2 Å². The fraction of sp³-hybridized carbons (Fsp3) is 0.143. The second kappa shape index (κ2) is 6.88. The number of rotatable bonds is 5. The molecule has 0 bridgehead atoms. The SMILES string of the molecule is CCNc1ncnc2c1c(-c1ccccc1)cn2-c1ccc(OC)cc1. The Morgan fingerprint density at radius 1 is 1.00 bits per heavy atom. The summed E-state index contributed by atoms with van der Waals surface area (Å²) in [5.41, 5.74) is 4.14. The van der Waals surface area contributed by atoms with Crippen molar-refractivity contribution in [2.24, 2.45) is 0 Å². The Hall–Kier alpha value is -3.34. The first kappa shape index (κ1) is 16.1. The van der Waals surface area contributed by atoms with Gasteiger partial charge in [-0.15, -0.1) is 0 Å². The number of hydrogen-bond donors (Lipinski definition) is 1. The van der Waals surface area contributed by atoms with Crippen molar-refractivity contribution in [2.45, 2.75) is 6.92 Å². The van der Waals surface area contributed by atoms with Crippen LogP contribution in [0.5, 0.6) is 5.75 Å². The van der Waals surface area contributed by atoms with E-state index in [0.717, 1.165) is 46.0 Å². The van der Waals surface area contributed by atoms with E-state index in [1.807, 2.05) is 42.5 Å². The number of fused-ring (bicyclic) bond motifs is 1. The van der Waals surface area contributed by atoms with Crippen LogP contribution in [-0.2, 0) is 0 Å². The Bertz CT molecular complexity index is 1020. The highest BCUT2D eigenvalue weighted by Crippen LogP contribution is 2.35. The van der Waals surface area contributed by atoms with E-state index in [9.17, 15) is 0 Å². The normalized spacial score (nSPS) is 10.8. The lowest BCUT2D eigenvalue weighted by Gasteiger charge is -2.07. The largest absolute Gasteiger partial charge is 0.497 e. The first-order valence-corrected chi connectivity index (χ1v) is 8.61. The molecule has 0 saturated carbocycles. The summed E-state index contributed by atoms with van der Waals surface area (Å²) in [6.45, 7) is 2.87. The number of benzene rings is 2. The summed E-state index contributed by atoms with van der Waals surface area (Å²) < 4.78 is 7.37. The molecular formula is C21H20N4O. The van der Waals surface area contributed by atoms with Crippen molar-refractivity contribution in [3.05, 3.63) is 67.1 Å². The fourth-order valence-corrected chi connectivity index (χ4v) is 3.14. The molecule has 0 aliphatic carbocycles. The number of nitrogens with one attached hydrogen (secondary N) is 1. The number of hydrogen-bond acceptors (Lipinski definition) is 4. The molecule has 5 nitrogen and oxygen atoms in total. The highest BCUT2D eigenvalue weighted by atomic mass is 16.5. The number of nitrogens with zero attached hydrogens (tertiary/aromatic N) is 3. The van der Waals surface area contributed by atoms with Crippen LogP contribution < -0.4 is 10.1 Å². The third kappa shape index (κ3) is 2.77. The zero-order valence-corrected chi connectivity index (χ0v) is 14.8. The summed E-state index contributed by atoms with van der Waals surface area (Å²) in [5, 5.41) is 4.38. The van der Waals surface area contributed by atoms with Gasteiger partial charge in [0.05, 0.1) is 12.5 Å². The molecule has 0 saturated heterocycles. The van der Waals surface area contributed by atoms with Gasteiger partial charge in [-0.05, 0) is 36.8 Å². The van der Waals surface area contributed by atoms with Crippen LogP contribution in [0, 0.1) is 0 Å². The van der Waals surface area contributed by atoms with E-state index in [1.54, 1.807) is 13.4 Å². The predicted molar refractivity (Wildman–Crippen MR) is 105 cm³/mol. The molecule has 1 N–H and O–H groups in total. The van der Waals surface area contributed by atoms with E-state index in [1.165, 1.54) is 0 Å². The molecule has 0 atom stereocenters. The lowest BCUT2D eigenvalue weighted by molar-refractivity contribution is 0.415. The third-order valence-corrected chi connectivity index (χ3v) is 4.36. The van der Waals surface area contributed by atoms with E-state index in [2.05, 4.69) is 45.1 Å². The topological polar surface area (TPSA) is 52.0 Å². The van der Waals surface area contributed by atoms with Gasteiger partial charge in [0.2, 0.25) is 0 Å². The maximum atomic E-state index is 5.27. The molecule has 0 radical (unpaired) electrons. The molecule has 5 heteroatoms. The van der Waals surface area contributed by atoms with E-state index in [0.29, 0.717) is 0 Å². The second-order valence-corrected chi connectivity index (χ2v) is 5.93. The van der Waals surface area contributed by atoms with Crippen LogP contribution in [0.2, 0.25) is 0 Å². The quantitative estimate of drug-likeness (QED) is 0.578. The van der Waals surface area contributed by atoms with E-state index in [-0.39, 0.29) is 0 Å². The molecule has 2 heterocycles. The molecule has 0 aliphatic rings. The van der Waals surface area contributed by atoms with Gasteiger partial charge >= 0.3 is 0 Å². The van der Waals surface area contributed by atoms with Gasteiger partial charge in [0.1, 0.15) is 17.9 Å². The fourth-order valence-electron chi connectivity index (χ4n) is 3.14. The zero-order chi connectivity index (χ0) is 17.9. The maximum absolute atomic E-state index is 5.27. The van der Waals surface area contributed by atoms with Crippen molar-refractivity contribution >= 4 is 16.9 Å². The van der Waals surface area contributed by atoms with Crippen LogP contribution in [0.1, 0.15) is 6.92 Å². The second-order valence-electron chi connectivity index (χ2n) is 5.93. The Balaban J connectivity index is 1.98. The van der Waals surface area contributed by atoms with Crippen molar-refractivity contribution in [3.63, 3.8) is 0 Å². The summed E-state index contributed by atoms with van der Waals surface area (Å²) >= 11 is 0. The van der Waals surface area contributed by atoms with Gasteiger partial charge in [0.25, 0.3) is 0 Å². The first-order valence-electron chi connectivity index (χ1n) is 8.61. The Labute approximate surface area is 152 Å². The van der Waals surface area contributed by atoms with Crippen LogP contribution in [0.3, 0.4) is 0 Å². The van der Waals surface area contributed by atoms with Gasteiger partial charge < -0.3 is 14.6 Å². The molecule has 0 fully saturated rings. The summed E-state index contributed by atoms with van der Waals surface area (Å²) in [6.07, 6.45) is 3.73. The maximum Gasteiger partial charge on any atom is 0.150 e. The van der Waals surface area contributed by atoms with Crippen molar-refractivity contribution in [1.82, 2.24) is 14.5 Å².